The van der Waals surface area contributed by atoms with Crippen LogP contribution >= 0.6 is 11.6 Å². The lowest BCUT2D eigenvalue weighted by Gasteiger charge is -2.35. The van der Waals surface area contributed by atoms with Gasteiger partial charge in [0.05, 0.1) is 12.7 Å². The first kappa shape index (κ1) is 15.4. The van der Waals surface area contributed by atoms with Crippen LogP contribution in [0.4, 0.5) is 0 Å². The number of halogens is 1. The maximum absolute atomic E-state index is 12.5. The van der Waals surface area contributed by atoms with Crippen molar-refractivity contribution in [2.75, 3.05) is 19.7 Å². The zero-order valence-corrected chi connectivity index (χ0v) is 14.2. The highest BCUT2D eigenvalue weighted by atomic mass is 35.5. The van der Waals surface area contributed by atoms with Crippen molar-refractivity contribution in [3.8, 4) is 0 Å². The van der Waals surface area contributed by atoms with Crippen molar-refractivity contribution in [3.05, 3.63) is 34.3 Å². The average molecular weight is 335 g/mol. The summed E-state index contributed by atoms with van der Waals surface area (Å²) in [6.07, 6.45) is 4.02. The average Bonchev–Trinajstić information content (AvgIpc) is 3.30. The Balaban J connectivity index is 1.38. The molecule has 2 saturated heterocycles. The van der Waals surface area contributed by atoms with Gasteiger partial charge in [-0.25, -0.2) is 0 Å². The molecule has 0 unspecified atom stereocenters. The van der Waals surface area contributed by atoms with E-state index in [2.05, 4.69) is 10.2 Å². The van der Waals surface area contributed by atoms with Crippen LogP contribution < -0.4 is 5.32 Å². The topological polar surface area (TPSA) is 41.6 Å². The van der Waals surface area contributed by atoms with Crippen molar-refractivity contribution in [1.82, 2.24) is 10.2 Å². The van der Waals surface area contributed by atoms with Crippen molar-refractivity contribution in [2.24, 2.45) is 5.92 Å². The number of carbonyl (C=O) groups excluding carboxylic acids is 1. The number of hydrogen-bond acceptors (Lipinski definition) is 3. The molecule has 1 saturated carbocycles. The Morgan fingerprint density at radius 3 is 2.96 bits per heavy atom. The molecule has 23 heavy (non-hydrogen) atoms. The minimum atomic E-state index is -0.0190. The molecule has 1 aliphatic carbocycles. The van der Waals surface area contributed by atoms with E-state index in [9.17, 15) is 4.79 Å². The SMILES string of the molecule is Cc1ccc(Cl)cc1C(=O)N[C@H]1C[C@H]2CO[C@@H](C3CC3)CN2C1. The molecular weight excluding hydrogens is 312 g/mol. The summed E-state index contributed by atoms with van der Waals surface area (Å²) in [6, 6.07) is 6.12. The maximum Gasteiger partial charge on any atom is 0.251 e. The van der Waals surface area contributed by atoms with Crippen LogP contribution in [0.1, 0.15) is 35.2 Å². The van der Waals surface area contributed by atoms with Gasteiger partial charge in [-0.3, -0.25) is 9.69 Å². The number of nitrogens with one attached hydrogen (secondary N) is 1. The molecule has 4 rings (SSSR count). The number of aryl methyl sites for hydroxylation is 1. The predicted octanol–water partition coefficient (Wildman–Crippen LogP) is 2.63. The van der Waals surface area contributed by atoms with Crippen LogP contribution in [0.3, 0.4) is 0 Å². The lowest BCUT2D eigenvalue weighted by atomic mass is 10.1. The Morgan fingerprint density at radius 1 is 1.35 bits per heavy atom. The minimum Gasteiger partial charge on any atom is -0.375 e. The van der Waals surface area contributed by atoms with E-state index in [0.717, 1.165) is 37.6 Å². The van der Waals surface area contributed by atoms with Crippen molar-refractivity contribution >= 4 is 17.5 Å². The molecule has 0 spiro atoms. The van der Waals surface area contributed by atoms with Gasteiger partial charge in [0, 0.05) is 35.8 Å². The fraction of sp³-hybridized carbons (Fsp3) is 0.611. The molecule has 0 bridgehead atoms. The Labute approximate surface area is 142 Å². The van der Waals surface area contributed by atoms with E-state index in [0.29, 0.717) is 22.7 Å². The number of amides is 1. The molecule has 0 radical (unpaired) electrons. The van der Waals surface area contributed by atoms with E-state index in [4.69, 9.17) is 16.3 Å². The first-order valence-corrected chi connectivity index (χ1v) is 8.90. The summed E-state index contributed by atoms with van der Waals surface area (Å²) < 4.78 is 6.02. The summed E-state index contributed by atoms with van der Waals surface area (Å²) in [5, 5.41) is 3.79. The van der Waals surface area contributed by atoms with E-state index in [-0.39, 0.29) is 11.9 Å². The van der Waals surface area contributed by atoms with E-state index in [1.807, 2.05) is 19.1 Å². The molecule has 0 aromatic heterocycles. The molecule has 1 aromatic rings. The molecule has 124 valence electrons. The van der Waals surface area contributed by atoms with Gasteiger partial charge in [0.1, 0.15) is 0 Å². The van der Waals surface area contributed by atoms with Crippen LogP contribution in [0, 0.1) is 12.8 Å². The third kappa shape index (κ3) is 3.25. The second-order valence-corrected chi connectivity index (χ2v) is 7.62. The minimum absolute atomic E-state index is 0.0190. The van der Waals surface area contributed by atoms with Gasteiger partial charge in [0.15, 0.2) is 0 Å². The zero-order chi connectivity index (χ0) is 16.0. The van der Waals surface area contributed by atoms with Gasteiger partial charge < -0.3 is 10.1 Å². The Morgan fingerprint density at radius 2 is 2.17 bits per heavy atom. The standard InChI is InChI=1S/C18H23ClN2O2/c1-11-2-5-13(19)6-16(11)18(22)20-14-7-15-10-23-17(12-3-4-12)9-21(15)8-14/h2,5-6,12,14-15,17H,3-4,7-10H2,1H3,(H,20,22)/t14-,15-,17+/m0/s1. The smallest absolute Gasteiger partial charge is 0.251 e. The van der Waals surface area contributed by atoms with Gasteiger partial charge in [0.25, 0.3) is 5.91 Å². The molecule has 3 aliphatic rings. The van der Waals surface area contributed by atoms with Crippen molar-refractivity contribution in [1.29, 1.82) is 0 Å². The number of ether oxygens (including phenoxy) is 1. The second kappa shape index (κ2) is 6.08. The fourth-order valence-corrected chi connectivity index (χ4v) is 4.03. The quantitative estimate of drug-likeness (QED) is 0.924. The molecule has 1 amide bonds. The highest BCUT2D eigenvalue weighted by Gasteiger charge is 2.42. The first-order chi connectivity index (χ1) is 11.1. The summed E-state index contributed by atoms with van der Waals surface area (Å²) in [5.41, 5.74) is 1.63. The molecule has 3 atom stereocenters. The van der Waals surface area contributed by atoms with Crippen LogP contribution in [0.15, 0.2) is 18.2 Å². The van der Waals surface area contributed by atoms with E-state index in [1.54, 1.807) is 6.07 Å². The van der Waals surface area contributed by atoms with E-state index < -0.39 is 0 Å². The van der Waals surface area contributed by atoms with Crippen molar-refractivity contribution in [2.45, 2.75) is 44.4 Å². The summed E-state index contributed by atoms with van der Waals surface area (Å²) in [5.74, 6) is 0.758. The Hall–Kier alpha value is -1.10. The van der Waals surface area contributed by atoms with Gasteiger partial charge in [-0.1, -0.05) is 17.7 Å². The third-order valence-electron chi connectivity index (χ3n) is 5.37. The van der Waals surface area contributed by atoms with Crippen LogP contribution in [0.2, 0.25) is 5.02 Å². The normalized spacial score (nSPS) is 31.0. The second-order valence-electron chi connectivity index (χ2n) is 7.18. The van der Waals surface area contributed by atoms with Gasteiger partial charge in [0.2, 0.25) is 0 Å². The fourth-order valence-electron chi connectivity index (χ4n) is 3.86. The Kier molecular flexibility index (Phi) is 4.08. The predicted molar refractivity (Wildman–Crippen MR) is 89.9 cm³/mol. The van der Waals surface area contributed by atoms with Crippen LogP contribution in [0.25, 0.3) is 0 Å². The van der Waals surface area contributed by atoms with E-state index in [1.165, 1.54) is 12.8 Å². The summed E-state index contributed by atoms with van der Waals surface area (Å²) in [6.45, 7) is 4.71. The molecule has 3 fully saturated rings. The number of carbonyl (C=O) groups is 1. The first-order valence-electron chi connectivity index (χ1n) is 8.53. The van der Waals surface area contributed by atoms with Gasteiger partial charge in [-0.15, -0.1) is 0 Å². The number of hydrogen-bond donors (Lipinski definition) is 1. The Bertz CT molecular complexity index is 617. The molecular formula is C18H23ClN2O2. The molecule has 1 N–H and O–H groups in total. The lowest BCUT2D eigenvalue weighted by molar-refractivity contribution is -0.0581. The summed E-state index contributed by atoms with van der Waals surface area (Å²) in [4.78, 5) is 15.0. The van der Waals surface area contributed by atoms with Crippen molar-refractivity contribution in [3.63, 3.8) is 0 Å². The summed E-state index contributed by atoms with van der Waals surface area (Å²) >= 11 is 6.02. The van der Waals surface area contributed by atoms with Crippen LogP contribution in [-0.4, -0.2) is 48.7 Å². The molecule has 2 heterocycles. The third-order valence-corrected chi connectivity index (χ3v) is 5.61. The molecule has 2 aliphatic heterocycles. The lowest BCUT2D eigenvalue weighted by Crippen LogP contribution is -2.47. The largest absolute Gasteiger partial charge is 0.375 e. The van der Waals surface area contributed by atoms with Crippen LogP contribution in [0.5, 0.6) is 0 Å². The van der Waals surface area contributed by atoms with E-state index >= 15 is 0 Å². The number of nitrogens with zero attached hydrogens (tertiary/aromatic N) is 1. The zero-order valence-electron chi connectivity index (χ0n) is 13.4. The maximum atomic E-state index is 12.5. The van der Waals surface area contributed by atoms with Crippen molar-refractivity contribution < 1.29 is 9.53 Å². The molecule has 4 nitrogen and oxygen atoms in total. The van der Waals surface area contributed by atoms with Gasteiger partial charge in [-0.2, -0.15) is 0 Å². The number of rotatable bonds is 3. The van der Waals surface area contributed by atoms with Gasteiger partial charge >= 0.3 is 0 Å². The number of fused-ring (bicyclic) bond motifs is 1. The molecule has 5 heteroatoms. The number of morpholine rings is 1. The van der Waals surface area contributed by atoms with Crippen LogP contribution in [-0.2, 0) is 4.74 Å². The number of benzene rings is 1. The monoisotopic (exact) mass is 334 g/mol. The van der Waals surface area contributed by atoms with Gasteiger partial charge in [-0.05, 0) is 49.8 Å². The molecule has 1 aromatic carbocycles. The highest BCUT2D eigenvalue weighted by Crippen LogP contribution is 2.37. The highest BCUT2D eigenvalue weighted by molar-refractivity contribution is 6.31. The summed E-state index contributed by atoms with van der Waals surface area (Å²) in [7, 11) is 0.